The zero-order valence-corrected chi connectivity index (χ0v) is 12.3. The number of carbonyl (C=O) groups is 2. The van der Waals surface area contributed by atoms with Crippen LogP contribution in [0.1, 0.15) is 5.56 Å². The number of fused-ring (bicyclic) bond motifs is 1. The molecule has 1 amide bonds. The molecule has 0 fully saturated rings. The lowest BCUT2D eigenvalue weighted by Crippen LogP contribution is -2.27. The highest BCUT2D eigenvalue weighted by atomic mass is 32.2. The molecule has 7 heteroatoms. The lowest BCUT2D eigenvalue weighted by molar-refractivity contribution is -0.133. The molecule has 0 bridgehead atoms. The fraction of sp³-hybridized carbons (Fsp3) is 0.429. The van der Waals surface area contributed by atoms with Crippen LogP contribution < -0.4 is 14.8 Å². The van der Waals surface area contributed by atoms with Crippen molar-refractivity contribution in [1.82, 2.24) is 5.32 Å². The molecule has 21 heavy (non-hydrogen) atoms. The van der Waals surface area contributed by atoms with Crippen molar-refractivity contribution in [2.24, 2.45) is 0 Å². The molecule has 0 unspecified atom stereocenters. The third kappa shape index (κ3) is 5.18. The van der Waals surface area contributed by atoms with Gasteiger partial charge in [0.2, 0.25) is 5.91 Å². The van der Waals surface area contributed by atoms with Gasteiger partial charge in [-0.2, -0.15) is 0 Å². The minimum Gasteiger partial charge on any atom is -0.486 e. The summed E-state index contributed by atoms with van der Waals surface area (Å²) in [6.07, 6.45) is 0.264. The minimum atomic E-state index is -0.845. The van der Waals surface area contributed by atoms with Crippen LogP contribution in [0.15, 0.2) is 18.2 Å². The first-order valence-electron chi connectivity index (χ1n) is 6.60. The van der Waals surface area contributed by atoms with Crippen molar-refractivity contribution in [2.75, 3.05) is 31.3 Å². The maximum absolute atomic E-state index is 11.8. The Hall–Kier alpha value is -1.89. The first-order chi connectivity index (χ1) is 10.1. The van der Waals surface area contributed by atoms with Crippen LogP contribution in [0.5, 0.6) is 11.5 Å². The van der Waals surface area contributed by atoms with Gasteiger partial charge in [-0.05, 0) is 17.7 Å². The predicted octanol–water partition coefficient (Wildman–Crippen LogP) is 0.934. The number of hydrogen-bond acceptors (Lipinski definition) is 5. The molecule has 0 radical (unpaired) electrons. The molecule has 6 nitrogen and oxygen atoms in total. The van der Waals surface area contributed by atoms with Gasteiger partial charge in [0.05, 0.1) is 12.2 Å². The first kappa shape index (κ1) is 15.5. The van der Waals surface area contributed by atoms with Crippen LogP contribution >= 0.6 is 11.8 Å². The molecular formula is C14H17NO5S. The van der Waals surface area contributed by atoms with Gasteiger partial charge in [-0.3, -0.25) is 9.59 Å². The van der Waals surface area contributed by atoms with E-state index in [1.807, 2.05) is 12.1 Å². The van der Waals surface area contributed by atoms with Crippen molar-refractivity contribution in [3.63, 3.8) is 0 Å². The second-order valence-electron chi connectivity index (χ2n) is 4.45. The standard InChI is InChI=1S/C14H17NO5S/c16-13(15-3-6-21-9-14(17)18)8-10-1-2-11-12(7-10)20-5-4-19-11/h1-2,7H,3-6,8-9H2,(H,15,16)(H,17,18). The molecule has 0 spiro atoms. The molecule has 0 aromatic heterocycles. The number of aliphatic carboxylic acids is 1. The highest BCUT2D eigenvalue weighted by Crippen LogP contribution is 2.30. The molecule has 0 aliphatic carbocycles. The predicted molar refractivity (Wildman–Crippen MR) is 79.1 cm³/mol. The van der Waals surface area contributed by atoms with Gasteiger partial charge in [-0.15, -0.1) is 11.8 Å². The third-order valence-electron chi connectivity index (χ3n) is 2.77. The lowest BCUT2D eigenvalue weighted by Gasteiger charge is -2.18. The normalized spacial score (nSPS) is 12.8. The number of amides is 1. The van der Waals surface area contributed by atoms with Gasteiger partial charge in [-0.25, -0.2) is 0 Å². The Morgan fingerprint density at radius 2 is 2.00 bits per heavy atom. The molecule has 1 aromatic carbocycles. The average molecular weight is 311 g/mol. The summed E-state index contributed by atoms with van der Waals surface area (Å²) in [7, 11) is 0. The molecule has 1 heterocycles. The minimum absolute atomic E-state index is 0.0536. The average Bonchev–Trinajstić information content (AvgIpc) is 2.46. The van der Waals surface area contributed by atoms with Gasteiger partial charge in [0.25, 0.3) is 0 Å². The molecule has 0 saturated carbocycles. The van der Waals surface area contributed by atoms with Crippen molar-refractivity contribution in [1.29, 1.82) is 0 Å². The number of hydrogen-bond donors (Lipinski definition) is 2. The zero-order valence-electron chi connectivity index (χ0n) is 11.5. The van der Waals surface area contributed by atoms with E-state index in [9.17, 15) is 9.59 Å². The van der Waals surface area contributed by atoms with Crippen LogP contribution in [0.4, 0.5) is 0 Å². The smallest absolute Gasteiger partial charge is 0.313 e. The maximum atomic E-state index is 11.8. The van der Waals surface area contributed by atoms with E-state index in [-0.39, 0.29) is 18.1 Å². The summed E-state index contributed by atoms with van der Waals surface area (Å²) in [4.78, 5) is 22.1. The summed E-state index contributed by atoms with van der Waals surface area (Å²) in [5.41, 5.74) is 0.856. The second-order valence-corrected chi connectivity index (χ2v) is 5.56. The molecule has 2 rings (SSSR count). The molecule has 2 N–H and O–H groups in total. The van der Waals surface area contributed by atoms with E-state index < -0.39 is 5.97 Å². The maximum Gasteiger partial charge on any atom is 0.313 e. The fourth-order valence-electron chi connectivity index (χ4n) is 1.87. The van der Waals surface area contributed by atoms with E-state index in [0.29, 0.717) is 37.0 Å². The van der Waals surface area contributed by atoms with E-state index in [1.165, 1.54) is 11.8 Å². The van der Waals surface area contributed by atoms with E-state index in [4.69, 9.17) is 14.6 Å². The summed E-state index contributed by atoms with van der Waals surface area (Å²) in [6.45, 7) is 1.52. The number of rotatable bonds is 7. The third-order valence-corrected chi connectivity index (χ3v) is 3.71. The van der Waals surface area contributed by atoms with Crippen molar-refractivity contribution in [3.05, 3.63) is 23.8 Å². The van der Waals surface area contributed by atoms with Crippen LogP contribution in [0.25, 0.3) is 0 Å². The summed E-state index contributed by atoms with van der Waals surface area (Å²) in [6, 6.07) is 5.46. The monoisotopic (exact) mass is 311 g/mol. The topological polar surface area (TPSA) is 84.9 Å². The summed E-state index contributed by atoms with van der Waals surface area (Å²) in [5.74, 6) is 1.07. The SMILES string of the molecule is O=C(O)CSCCNC(=O)Cc1ccc2c(c1)OCCO2. The van der Waals surface area contributed by atoms with Crippen LogP contribution in [0, 0.1) is 0 Å². The van der Waals surface area contributed by atoms with Gasteiger partial charge in [0.15, 0.2) is 11.5 Å². The highest BCUT2D eigenvalue weighted by Gasteiger charge is 2.13. The molecule has 1 aliphatic heterocycles. The van der Waals surface area contributed by atoms with Gasteiger partial charge in [0, 0.05) is 12.3 Å². The Bertz CT molecular complexity index is 520. The first-order valence-corrected chi connectivity index (χ1v) is 7.75. The number of thioether (sulfide) groups is 1. The van der Waals surface area contributed by atoms with E-state index in [0.717, 1.165) is 5.56 Å². The second kappa shape index (κ2) is 7.78. The van der Waals surface area contributed by atoms with Crippen molar-refractivity contribution in [3.8, 4) is 11.5 Å². The lowest BCUT2D eigenvalue weighted by atomic mass is 10.1. The van der Waals surface area contributed by atoms with Gasteiger partial charge >= 0.3 is 5.97 Å². The number of ether oxygens (including phenoxy) is 2. The number of carboxylic acid groups (broad SMARTS) is 1. The van der Waals surface area contributed by atoms with Crippen molar-refractivity contribution < 1.29 is 24.2 Å². The van der Waals surface area contributed by atoms with Crippen molar-refractivity contribution >= 4 is 23.6 Å². The summed E-state index contributed by atoms with van der Waals surface area (Å²) >= 11 is 1.28. The molecule has 0 saturated heterocycles. The Morgan fingerprint density at radius 3 is 2.76 bits per heavy atom. The Balaban J connectivity index is 1.73. The van der Waals surface area contributed by atoms with E-state index in [2.05, 4.69) is 5.32 Å². The molecule has 1 aliphatic rings. The molecule has 1 aromatic rings. The van der Waals surface area contributed by atoms with E-state index >= 15 is 0 Å². The van der Waals surface area contributed by atoms with Crippen LogP contribution in [0.2, 0.25) is 0 Å². The zero-order chi connectivity index (χ0) is 15.1. The van der Waals surface area contributed by atoms with Gasteiger partial charge in [-0.1, -0.05) is 6.07 Å². The Labute approximate surface area is 126 Å². The van der Waals surface area contributed by atoms with E-state index in [1.54, 1.807) is 6.07 Å². The Kier molecular flexibility index (Phi) is 5.74. The number of carboxylic acids is 1. The molecular weight excluding hydrogens is 294 g/mol. The summed E-state index contributed by atoms with van der Waals surface area (Å²) in [5, 5.41) is 11.2. The number of nitrogens with one attached hydrogen (secondary N) is 1. The van der Waals surface area contributed by atoms with Crippen LogP contribution in [0.3, 0.4) is 0 Å². The quantitative estimate of drug-likeness (QED) is 0.729. The van der Waals surface area contributed by atoms with Gasteiger partial charge < -0.3 is 19.9 Å². The number of benzene rings is 1. The molecule has 114 valence electrons. The van der Waals surface area contributed by atoms with Crippen molar-refractivity contribution in [2.45, 2.75) is 6.42 Å². The number of carbonyl (C=O) groups excluding carboxylic acids is 1. The molecule has 0 atom stereocenters. The Morgan fingerprint density at radius 1 is 1.24 bits per heavy atom. The van der Waals surface area contributed by atoms with Gasteiger partial charge in [0.1, 0.15) is 13.2 Å². The fourth-order valence-corrected chi connectivity index (χ4v) is 2.43. The largest absolute Gasteiger partial charge is 0.486 e. The highest BCUT2D eigenvalue weighted by molar-refractivity contribution is 7.99. The summed E-state index contributed by atoms with van der Waals surface area (Å²) < 4.78 is 10.9. The van der Waals surface area contributed by atoms with Crippen LogP contribution in [-0.2, 0) is 16.0 Å². The van der Waals surface area contributed by atoms with Crippen LogP contribution in [-0.4, -0.2) is 48.2 Å².